The maximum Gasteiger partial charge on any atom is 0.383 e. The van der Waals surface area contributed by atoms with Crippen molar-refractivity contribution in [2.24, 2.45) is 0 Å². The van der Waals surface area contributed by atoms with Crippen molar-refractivity contribution in [2.45, 2.75) is 9.92 Å². The van der Waals surface area contributed by atoms with Gasteiger partial charge in [-0.3, -0.25) is 10.1 Å². The number of hydrogen-bond acceptors (Lipinski definition) is 10. The zero-order valence-corrected chi connectivity index (χ0v) is 17.3. The van der Waals surface area contributed by atoms with Gasteiger partial charge in [-0.2, -0.15) is 5.10 Å². The van der Waals surface area contributed by atoms with Gasteiger partial charge in [0.1, 0.15) is 17.6 Å². The molecular formula is C18H20N8O3S. The maximum absolute atomic E-state index is 11.0. The van der Waals surface area contributed by atoms with Crippen LogP contribution in [0.3, 0.4) is 0 Å². The fourth-order valence-electron chi connectivity index (χ4n) is 3.10. The van der Waals surface area contributed by atoms with Gasteiger partial charge in [0.15, 0.2) is 11.6 Å². The van der Waals surface area contributed by atoms with E-state index in [1.807, 2.05) is 12.1 Å². The topological polar surface area (TPSA) is 126 Å². The molecule has 3 aromatic heterocycles. The molecule has 0 atom stereocenters. The molecule has 0 saturated carbocycles. The minimum atomic E-state index is -0.568. The van der Waals surface area contributed by atoms with Gasteiger partial charge in [0.2, 0.25) is 5.03 Å². The van der Waals surface area contributed by atoms with Crippen molar-refractivity contribution in [1.82, 2.24) is 30.0 Å². The lowest BCUT2D eigenvalue weighted by molar-refractivity contribution is -0.390. The second-order valence-electron chi connectivity index (χ2n) is 6.69. The van der Waals surface area contributed by atoms with Gasteiger partial charge in [-0.1, -0.05) is 0 Å². The summed E-state index contributed by atoms with van der Waals surface area (Å²) in [4.78, 5) is 28.5. The number of nitrogens with one attached hydrogen (secondary N) is 1. The average molecular weight is 428 g/mol. The fourth-order valence-corrected chi connectivity index (χ4v) is 4.00. The van der Waals surface area contributed by atoms with Crippen molar-refractivity contribution in [1.29, 1.82) is 0 Å². The second-order valence-corrected chi connectivity index (χ2v) is 7.75. The van der Waals surface area contributed by atoms with E-state index < -0.39 is 4.92 Å². The summed E-state index contributed by atoms with van der Waals surface area (Å²) in [5.41, 5.74) is 1.30. The SMILES string of the molecule is COc1cc(Sc2cncc([N+](=O)[O-])n2)c(-c2cc[nH]n2)nc1N1CCN(C)CC1. The molecule has 0 aromatic carbocycles. The van der Waals surface area contributed by atoms with E-state index in [4.69, 9.17) is 9.72 Å². The molecule has 1 N–H and O–H groups in total. The number of methoxy groups -OCH3 is 1. The van der Waals surface area contributed by atoms with E-state index in [1.165, 1.54) is 18.0 Å². The Hall–Kier alpha value is -3.25. The van der Waals surface area contributed by atoms with E-state index in [9.17, 15) is 10.1 Å². The largest absolute Gasteiger partial charge is 0.493 e. The number of pyridine rings is 1. The van der Waals surface area contributed by atoms with Crippen molar-refractivity contribution in [2.75, 3.05) is 45.2 Å². The monoisotopic (exact) mass is 428 g/mol. The molecule has 1 aliphatic rings. The molecule has 0 unspecified atom stereocenters. The van der Waals surface area contributed by atoms with E-state index in [1.54, 1.807) is 13.3 Å². The highest BCUT2D eigenvalue weighted by Crippen LogP contribution is 2.40. The number of rotatable bonds is 6. The molecule has 4 rings (SSSR count). The van der Waals surface area contributed by atoms with Crippen molar-refractivity contribution >= 4 is 23.4 Å². The summed E-state index contributed by atoms with van der Waals surface area (Å²) in [6.45, 7) is 3.54. The first-order valence-electron chi connectivity index (χ1n) is 9.22. The third kappa shape index (κ3) is 4.19. The van der Waals surface area contributed by atoms with Crippen LogP contribution >= 0.6 is 11.8 Å². The van der Waals surface area contributed by atoms with Crippen LogP contribution in [0.25, 0.3) is 11.4 Å². The predicted octanol–water partition coefficient (Wildman–Crippen LogP) is 2.08. The molecule has 0 aliphatic carbocycles. The van der Waals surface area contributed by atoms with Crippen molar-refractivity contribution in [3.05, 3.63) is 40.8 Å². The maximum atomic E-state index is 11.0. The van der Waals surface area contributed by atoms with Gasteiger partial charge in [0.25, 0.3) is 0 Å². The molecule has 0 bridgehead atoms. The van der Waals surface area contributed by atoms with Crippen LogP contribution < -0.4 is 9.64 Å². The minimum Gasteiger partial charge on any atom is -0.493 e. The number of nitrogens with zero attached hydrogens (tertiary/aromatic N) is 7. The number of nitro groups is 1. The van der Waals surface area contributed by atoms with Crippen LogP contribution in [0.15, 0.2) is 40.6 Å². The Morgan fingerprint density at radius 3 is 2.70 bits per heavy atom. The van der Waals surface area contributed by atoms with E-state index in [-0.39, 0.29) is 5.82 Å². The number of likely N-dealkylation sites (N-methyl/N-ethyl adjacent to an activating group) is 1. The van der Waals surface area contributed by atoms with Crippen molar-refractivity contribution in [3.8, 4) is 17.1 Å². The number of H-pyrrole nitrogens is 1. The van der Waals surface area contributed by atoms with Gasteiger partial charge < -0.3 is 24.7 Å². The fraction of sp³-hybridized carbons (Fsp3) is 0.333. The van der Waals surface area contributed by atoms with Crippen LogP contribution in [0.4, 0.5) is 11.6 Å². The van der Waals surface area contributed by atoms with Crippen LogP contribution in [-0.2, 0) is 0 Å². The van der Waals surface area contributed by atoms with Crippen LogP contribution in [0, 0.1) is 10.1 Å². The zero-order chi connectivity index (χ0) is 21.1. The first kappa shape index (κ1) is 20.0. The Morgan fingerprint density at radius 2 is 2.03 bits per heavy atom. The Morgan fingerprint density at radius 1 is 1.23 bits per heavy atom. The lowest BCUT2D eigenvalue weighted by Gasteiger charge is -2.34. The number of anilines is 1. The van der Waals surface area contributed by atoms with Crippen molar-refractivity contribution in [3.63, 3.8) is 0 Å². The van der Waals surface area contributed by atoms with Gasteiger partial charge >= 0.3 is 5.82 Å². The lowest BCUT2D eigenvalue weighted by Crippen LogP contribution is -2.45. The number of hydrogen-bond donors (Lipinski definition) is 1. The summed E-state index contributed by atoms with van der Waals surface area (Å²) in [5, 5.41) is 18.5. The summed E-state index contributed by atoms with van der Waals surface area (Å²) >= 11 is 1.23. The number of ether oxygens (including phenoxy) is 1. The molecule has 0 amide bonds. The highest BCUT2D eigenvalue weighted by molar-refractivity contribution is 7.99. The first-order valence-corrected chi connectivity index (χ1v) is 10.0. The van der Waals surface area contributed by atoms with E-state index in [2.05, 4.69) is 37.0 Å². The molecule has 12 heteroatoms. The van der Waals surface area contributed by atoms with Crippen molar-refractivity contribution < 1.29 is 9.66 Å². The van der Waals surface area contributed by atoms with Crippen LogP contribution in [0.5, 0.6) is 5.75 Å². The Bertz CT molecular complexity index is 1040. The summed E-state index contributed by atoms with van der Waals surface area (Å²) in [5.74, 6) is 1.06. The molecule has 11 nitrogen and oxygen atoms in total. The predicted molar refractivity (Wildman–Crippen MR) is 111 cm³/mol. The van der Waals surface area contributed by atoms with E-state index in [0.29, 0.717) is 27.1 Å². The molecule has 0 radical (unpaired) electrons. The summed E-state index contributed by atoms with van der Waals surface area (Å²) < 4.78 is 5.63. The molecule has 1 fully saturated rings. The quantitative estimate of drug-likeness (QED) is 0.460. The molecular weight excluding hydrogens is 408 g/mol. The second kappa shape index (κ2) is 8.63. The Labute approximate surface area is 176 Å². The molecule has 30 heavy (non-hydrogen) atoms. The van der Waals surface area contributed by atoms with Gasteiger partial charge in [-0.15, -0.1) is 0 Å². The zero-order valence-electron chi connectivity index (χ0n) is 16.5. The molecule has 1 aliphatic heterocycles. The summed E-state index contributed by atoms with van der Waals surface area (Å²) in [6.07, 6.45) is 4.32. The van der Waals surface area contributed by atoms with Crippen LogP contribution in [0.1, 0.15) is 0 Å². The first-order chi connectivity index (χ1) is 14.5. The number of aromatic nitrogens is 5. The summed E-state index contributed by atoms with van der Waals surface area (Å²) in [6, 6.07) is 3.70. The molecule has 3 aromatic rings. The lowest BCUT2D eigenvalue weighted by atomic mass is 10.2. The van der Waals surface area contributed by atoms with E-state index in [0.717, 1.165) is 38.2 Å². The van der Waals surface area contributed by atoms with E-state index >= 15 is 0 Å². The smallest absolute Gasteiger partial charge is 0.383 e. The molecule has 0 spiro atoms. The molecule has 156 valence electrons. The van der Waals surface area contributed by atoms with Gasteiger partial charge in [0, 0.05) is 43.3 Å². The number of piperazine rings is 1. The highest BCUT2D eigenvalue weighted by atomic mass is 32.2. The molecule has 4 heterocycles. The highest BCUT2D eigenvalue weighted by Gasteiger charge is 2.24. The Kier molecular flexibility index (Phi) is 5.77. The summed E-state index contributed by atoms with van der Waals surface area (Å²) in [7, 11) is 3.70. The Balaban J connectivity index is 1.76. The third-order valence-electron chi connectivity index (χ3n) is 4.70. The van der Waals surface area contributed by atoms with Crippen LogP contribution in [-0.4, -0.2) is 75.3 Å². The normalized spacial score (nSPS) is 14.7. The average Bonchev–Trinajstić information content (AvgIpc) is 3.29. The minimum absolute atomic E-state index is 0.310. The van der Waals surface area contributed by atoms with Gasteiger partial charge in [-0.25, -0.2) is 4.98 Å². The number of aromatic amines is 1. The standard InChI is InChI=1S/C18H20N8O3S/c1-24-5-7-25(8-6-24)18-13(29-2)9-14(17(22-18)12-3-4-20-23-12)30-16-11-19-10-15(21-16)26(27)28/h3-4,9-11H,5-8H2,1-2H3,(H,20,23). The van der Waals surface area contributed by atoms with Gasteiger partial charge in [0.05, 0.1) is 13.3 Å². The third-order valence-corrected chi connectivity index (χ3v) is 5.64. The van der Waals surface area contributed by atoms with Crippen LogP contribution in [0.2, 0.25) is 0 Å². The van der Waals surface area contributed by atoms with Gasteiger partial charge in [-0.05, 0) is 34.8 Å². The molecule has 1 saturated heterocycles.